The minimum atomic E-state index is -4.76. The first-order valence-corrected chi connectivity index (χ1v) is 14.2. The summed E-state index contributed by atoms with van der Waals surface area (Å²) in [6.07, 6.45) is -0.700. The Morgan fingerprint density at radius 1 is 0.816 bits per heavy atom. The van der Waals surface area contributed by atoms with Crippen LogP contribution in [0.1, 0.15) is 39.0 Å². The Labute approximate surface area is 219 Å². The van der Waals surface area contributed by atoms with Crippen LogP contribution < -0.4 is 0 Å². The van der Waals surface area contributed by atoms with Gasteiger partial charge in [-0.05, 0) is 37.8 Å². The topological polar surface area (TPSA) is 199 Å². The highest BCUT2D eigenvalue weighted by atomic mass is 32.2. The third-order valence-electron chi connectivity index (χ3n) is 5.01. The maximum atomic E-state index is 12.8. The van der Waals surface area contributed by atoms with Crippen LogP contribution in [-0.4, -0.2) is 52.0 Å². The van der Waals surface area contributed by atoms with Crippen LogP contribution in [0.5, 0.6) is 0 Å². The second kappa shape index (κ2) is 13.9. The van der Waals surface area contributed by atoms with Crippen LogP contribution in [0.4, 0.5) is 11.4 Å². The molecule has 0 fully saturated rings. The number of hydrogen-bond acceptors (Lipinski definition) is 12. The number of unbranched alkanes of at least 4 members (excludes halogenated alkanes) is 2. The molecule has 0 radical (unpaired) electrons. The molecule has 1 unspecified atom stereocenters. The van der Waals surface area contributed by atoms with Crippen LogP contribution in [0.2, 0.25) is 0 Å². The number of esters is 1. The highest BCUT2D eigenvalue weighted by Crippen LogP contribution is 2.27. The zero-order chi connectivity index (χ0) is 28.3. The van der Waals surface area contributed by atoms with Crippen molar-refractivity contribution in [2.45, 2.75) is 54.9 Å². The highest BCUT2D eigenvalue weighted by Gasteiger charge is 2.33. The predicted molar refractivity (Wildman–Crippen MR) is 131 cm³/mol. The maximum absolute atomic E-state index is 12.8. The van der Waals surface area contributed by atoms with E-state index in [4.69, 9.17) is 13.1 Å². The number of nitro benzene ring substituents is 2. The van der Waals surface area contributed by atoms with Crippen molar-refractivity contribution in [1.29, 1.82) is 0 Å². The number of rotatable bonds is 16. The predicted octanol–water partition coefficient (Wildman–Crippen LogP) is 3.50. The summed E-state index contributed by atoms with van der Waals surface area (Å²) in [5, 5.41) is 22.3. The minimum absolute atomic E-state index is 0.00205. The van der Waals surface area contributed by atoms with Gasteiger partial charge in [-0.1, -0.05) is 37.6 Å². The van der Waals surface area contributed by atoms with Crippen LogP contribution in [-0.2, 0) is 38.1 Å². The van der Waals surface area contributed by atoms with Crippen molar-refractivity contribution < 1.29 is 44.6 Å². The van der Waals surface area contributed by atoms with Crippen molar-refractivity contribution >= 4 is 37.6 Å². The second-order valence-corrected chi connectivity index (χ2v) is 10.9. The van der Waals surface area contributed by atoms with E-state index in [1.807, 2.05) is 6.92 Å². The zero-order valence-electron chi connectivity index (χ0n) is 20.3. The van der Waals surface area contributed by atoms with Gasteiger partial charge >= 0.3 is 26.2 Å². The first-order chi connectivity index (χ1) is 17.9. The number of carbonyl (C=O) groups is 1. The second-order valence-electron chi connectivity index (χ2n) is 7.78. The maximum Gasteiger partial charge on any atom is 0.336 e. The first-order valence-electron chi connectivity index (χ1n) is 11.4. The summed E-state index contributed by atoms with van der Waals surface area (Å²) in [5.41, 5.74) is -1.39. The van der Waals surface area contributed by atoms with Gasteiger partial charge in [-0.2, -0.15) is 16.8 Å². The van der Waals surface area contributed by atoms with E-state index < -0.39 is 69.9 Å². The minimum Gasteiger partial charge on any atom is -0.464 e. The van der Waals surface area contributed by atoms with Gasteiger partial charge in [0.25, 0.3) is 11.4 Å². The Kier molecular flexibility index (Phi) is 11.2. The molecule has 0 heterocycles. The van der Waals surface area contributed by atoms with E-state index >= 15 is 0 Å². The first kappa shape index (κ1) is 30.8. The fraction of sp³-hybridized carbons (Fsp3) is 0.409. The van der Waals surface area contributed by atoms with Gasteiger partial charge in [0.2, 0.25) is 0 Å². The third kappa shape index (κ3) is 8.54. The molecule has 0 saturated heterocycles. The molecule has 2 aromatic carbocycles. The van der Waals surface area contributed by atoms with Crippen molar-refractivity contribution in [2.24, 2.45) is 0 Å². The van der Waals surface area contributed by atoms with Crippen LogP contribution in [0, 0.1) is 20.2 Å². The molecule has 0 aliphatic heterocycles. The summed E-state index contributed by atoms with van der Waals surface area (Å²) in [6, 6.07) is 9.10. The van der Waals surface area contributed by atoms with Crippen molar-refractivity contribution in [1.82, 2.24) is 0 Å². The summed E-state index contributed by atoms with van der Waals surface area (Å²) in [5.74, 6) is -1.01. The third-order valence-corrected chi connectivity index (χ3v) is 7.74. The number of ether oxygens (including phenoxy) is 1. The summed E-state index contributed by atoms with van der Waals surface area (Å²) in [6.45, 7) is 1.42. The zero-order valence-corrected chi connectivity index (χ0v) is 21.9. The molecule has 0 aromatic heterocycles. The van der Waals surface area contributed by atoms with Gasteiger partial charge in [-0.15, -0.1) is 0 Å². The van der Waals surface area contributed by atoms with E-state index in [1.54, 1.807) is 0 Å². The Balaban J connectivity index is 2.09. The van der Waals surface area contributed by atoms with Gasteiger partial charge in [0, 0.05) is 12.1 Å². The normalized spacial score (nSPS) is 12.6. The van der Waals surface area contributed by atoms with E-state index in [1.165, 1.54) is 24.3 Å². The summed E-state index contributed by atoms with van der Waals surface area (Å²) in [4.78, 5) is 31.7. The molecule has 0 aliphatic carbocycles. The van der Waals surface area contributed by atoms with Crippen molar-refractivity contribution in [3.05, 3.63) is 68.8 Å². The van der Waals surface area contributed by atoms with Crippen LogP contribution in [0.15, 0.2) is 58.3 Å². The molecule has 14 nitrogen and oxygen atoms in total. The van der Waals surface area contributed by atoms with E-state index in [0.717, 1.165) is 24.3 Å². The largest absolute Gasteiger partial charge is 0.464 e. The van der Waals surface area contributed by atoms with E-state index in [9.17, 15) is 41.9 Å². The standard InChI is InChI=1S/C22H26N2O12S2/c1-2-3-15-34-22(25)19(36-38(32,33)21-14-7-5-11-18(21)24(28)29)12-8-9-16-35-37(30,31)20-13-6-4-10-17(20)23(26)27/h4-7,10-11,13-14,19H,2-3,8-9,12,15-16H2,1H3. The average molecular weight is 575 g/mol. The Morgan fingerprint density at radius 2 is 1.34 bits per heavy atom. The van der Waals surface area contributed by atoms with Crippen LogP contribution in [0.3, 0.4) is 0 Å². The van der Waals surface area contributed by atoms with Gasteiger partial charge in [-0.3, -0.25) is 28.6 Å². The Morgan fingerprint density at radius 3 is 1.87 bits per heavy atom. The molecular formula is C22H26N2O12S2. The molecule has 0 saturated carbocycles. The summed E-state index contributed by atoms with van der Waals surface area (Å²) >= 11 is 0. The van der Waals surface area contributed by atoms with E-state index in [-0.39, 0.29) is 25.9 Å². The smallest absolute Gasteiger partial charge is 0.336 e. The number of nitrogens with zero attached hydrogens (tertiary/aromatic N) is 2. The molecular weight excluding hydrogens is 548 g/mol. The molecule has 38 heavy (non-hydrogen) atoms. The van der Waals surface area contributed by atoms with Crippen LogP contribution >= 0.6 is 0 Å². The molecule has 0 aliphatic rings. The van der Waals surface area contributed by atoms with Gasteiger partial charge < -0.3 is 4.74 Å². The summed E-state index contributed by atoms with van der Waals surface area (Å²) in [7, 11) is -9.23. The highest BCUT2D eigenvalue weighted by molar-refractivity contribution is 7.87. The van der Waals surface area contributed by atoms with Crippen molar-refractivity contribution in [3.63, 3.8) is 0 Å². The fourth-order valence-corrected chi connectivity index (χ4v) is 5.46. The summed E-state index contributed by atoms with van der Waals surface area (Å²) < 4.78 is 65.2. The average Bonchev–Trinajstić information content (AvgIpc) is 2.87. The molecule has 208 valence electrons. The number of carbonyl (C=O) groups excluding carboxylic acids is 1. The number of hydrogen-bond donors (Lipinski definition) is 0. The van der Waals surface area contributed by atoms with E-state index in [2.05, 4.69) is 0 Å². The lowest BCUT2D eigenvalue weighted by molar-refractivity contribution is -0.388. The fourth-order valence-electron chi connectivity index (χ4n) is 3.12. The lowest BCUT2D eigenvalue weighted by Gasteiger charge is -2.17. The molecule has 0 amide bonds. The molecule has 0 bridgehead atoms. The molecule has 0 spiro atoms. The lowest BCUT2D eigenvalue weighted by atomic mass is 10.1. The molecule has 2 rings (SSSR count). The molecule has 1 atom stereocenters. The quantitative estimate of drug-likeness (QED) is 0.0930. The Hall–Kier alpha value is -3.47. The van der Waals surface area contributed by atoms with Gasteiger partial charge in [0.15, 0.2) is 15.9 Å². The molecule has 16 heteroatoms. The number of nitro groups is 2. The van der Waals surface area contributed by atoms with Crippen molar-refractivity contribution in [3.8, 4) is 0 Å². The van der Waals surface area contributed by atoms with Gasteiger partial charge in [-0.25, -0.2) is 4.79 Å². The van der Waals surface area contributed by atoms with E-state index in [0.29, 0.717) is 12.8 Å². The van der Waals surface area contributed by atoms with Gasteiger partial charge in [0.1, 0.15) is 0 Å². The lowest BCUT2D eigenvalue weighted by Crippen LogP contribution is -2.30. The van der Waals surface area contributed by atoms with Crippen LogP contribution in [0.25, 0.3) is 0 Å². The molecule has 2 aromatic rings. The monoisotopic (exact) mass is 574 g/mol. The van der Waals surface area contributed by atoms with Crippen molar-refractivity contribution in [2.75, 3.05) is 13.2 Å². The Bertz CT molecular complexity index is 1360. The SMILES string of the molecule is CCCCOC(=O)C(CCCCOS(=O)(=O)c1ccccc1[N+](=O)[O-])OS(=O)(=O)c1ccccc1[N+](=O)[O-]. The number of para-hydroxylation sites is 2. The molecule has 0 N–H and O–H groups in total. The van der Waals surface area contributed by atoms with Gasteiger partial charge in [0.05, 0.1) is 23.1 Å². The number of benzene rings is 2.